The molecule has 0 amide bonds. The van der Waals surface area contributed by atoms with E-state index in [0.29, 0.717) is 12.6 Å². The van der Waals surface area contributed by atoms with E-state index in [4.69, 9.17) is 5.73 Å². The Hall–Kier alpha value is -0.970. The van der Waals surface area contributed by atoms with Crippen molar-refractivity contribution in [3.05, 3.63) is 29.6 Å². The third-order valence-corrected chi connectivity index (χ3v) is 3.96. The highest BCUT2D eigenvalue weighted by atomic mass is 15.3. The maximum Gasteiger partial charge on any atom is 0.0489 e. The largest absolute Gasteiger partial charge is 0.329 e. The lowest BCUT2D eigenvalue weighted by atomic mass is 10.0. The molecule has 0 bridgehead atoms. The molecule has 2 heterocycles. The predicted octanol–water partition coefficient (Wildman–Crippen LogP) is 1.03. The fraction of sp³-hybridized carbons (Fsp3) is 0.643. The molecule has 1 saturated heterocycles. The van der Waals surface area contributed by atoms with E-state index in [1.165, 1.54) is 11.1 Å². The van der Waals surface area contributed by atoms with Crippen LogP contribution in [0.25, 0.3) is 0 Å². The molecular formula is C14H24N4. The van der Waals surface area contributed by atoms with Crippen molar-refractivity contribution in [3.63, 3.8) is 0 Å². The normalized spacial score (nSPS) is 19.9. The summed E-state index contributed by atoms with van der Waals surface area (Å²) in [6.45, 7) is 10.7. The molecule has 1 unspecified atom stereocenters. The highest BCUT2D eigenvalue weighted by Crippen LogP contribution is 2.23. The number of piperazine rings is 1. The van der Waals surface area contributed by atoms with Gasteiger partial charge in [-0.2, -0.15) is 0 Å². The molecule has 4 heteroatoms. The van der Waals surface area contributed by atoms with Gasteiger partial charge < -0.3 is 10.6 Å². The molecule has 0 aromatic carbocycles. The molecule has 0 spiro atoms. The fourth-order valence-electron chi connectivity index (χ4n) is 2.69. The van der Waals surface area contributed by atoms with Gasteiger partial charge in [0.1, 0.15) is 0 Å². The molecule has 1 fully saturated rings. The standard InChI is InChI=1S/C14H24N4/c1-3-17-6-8-18(9-7-17)14(10-15)13-11-16-5-4-12(13)2/h4-5,11,14H,3,6-10,15H2,1-2H3. The number of hydrogen-bond donors (Lipinski definition) is 1. The van der Waals surface area contributed by atoms with Crippen LogP contribution in [0.3, 0.4) is 0 Å². The van der Waals surface area contributed by atoms with Gasteiger partial charge in [0.05, 0.1) is 0 Å². The molecule has 18 heavy (non-hydrogen) atoms. The molecule has 1 atom stereocenters. The Morgan fingerprint density at radius 1 is 1.33 bits per heavy atom. The number of aryl methyl sites for hydroxylation is 1. The van der Waals surface area contributed by atoms with Crippen molar-refractivity contribution in [2.24, 2.45) is 5.73 Å². The van der Waals surface area contributed by atoms with E-state index in [2.05, 4.69) is 34.7 Å². The Morgan fingerprint density at radius 3 is 2.61 bits per heavy atom. The molecular weight excluding hydrogens is 224 g/mol. The molecule has 4 nitrogen and oxygen atoms in total. The van der Waals surface area contributed by atoms with Crippen LogP contribution in [0.5, 0.6) is 0 Å². The van der Waals surface area contributed by atoms with Gasteiger partial charge in [0, 0.05) is 51.2 Å². The van der Waals surface area contributed by atoms with Gasteiger partial charge in [-0.15, -0.1) is 0 Å². The molecule has 2 rings (SSSR count). The monoisotopic (exact) mass is 248 g/mol. The summed E-state index contributed by atoms with van der Waals surface area (Å²) < 4.78 is 0. The highest BCUT2D eigenvalue weighted by molar-refractivity contribution is 5.25. The van der Waals surface area contributed by atoms with Crippen LogP contribution in [-0.2, 0) is 0 Å². The molecule has 0 aliphatic carbocycles. The number of rotatable bonds is 4. The summed E-state index contributed by atoms with van der Waals surface area (Å²) in [4.78, 5) is 9.23. The average Bonchev–Trinajstić information content (AvgIpc) is 2.42. The fourth-order valence-corrected chi connectivity index (χ4v) is 2.69. The zero-order valence-corrected chi connectivity index (χ0v) is 11.5. The molecule has 2 N–H and O–H groups in total. The van der Waals surface area contributed by atoms with Gasteiger partial charge in [0.2, 0.25) is 0 Å². The van der Waals surface area contributed by atoms with Crippen LogP contribution in [0.4, 0.5) is 0 Å². The second kappa shape index (κ2) is 6.27. The third kappa shape index (κ3) is 2.88. The second-order valence-electron chi connectivity index (χ2n) is 4.95. The zero-order valence-electron chi connectivity index (χ0n) is 11.5. The van der Waals surface area contributed by atoms with Gasteiger partial charge in [-0.05, 0) is 30.7 Å². The highest BCUT2D eigenvalue weighted by Gasteiger charge is 2.24. The molecule has 0 radical (unpaired) electrons. The third-order valence-electron chi connectivity index (χ3n) is 3.96. The van der Waals surface area contributed by atoms with Crippen molar-refractivity contribution < 1.29 is 0 Å². The van der Waals surface area contributed by atoms with Gasteiger partial charge in [0.15, 0.2) is 0 Å². The van der Waals surface area contributed by atoms with Crippen LogP contribution in [0.15, 0.2) is 18.5 Å². The summed E-state index contributed by atoms with van der Waals surface area (Å²) >= 11 is 0. The van der Waals surface area contributed by atoms with Crippen molar-refractivity contribution in [1.29, 1.82) is 0 Å². The predicted molar refractivity (Wildman–Crippen MR) is 74.5 cm³/mol. The Balaban J connectivity index is 2.08. The number of hydrogen-bond acceptors (Lipinski definition) is 4. The lowest BCUT2D eigenvalue weighted by Gasteiger charge is -2.39. The Morgan fingerprint density at radius 2 is 2.06 bits per heavy atom. The molecule has 1 aliphatic rings. The zero-order chi connectivity index (χ0) is 13.0. The Bertz CT molecular complexity index is 372. The average molecular weight is 248 g/mol. The first-order chi connectivity index (χ1) is 8.76. The molecule has 100 valence electrons. The summed E-state index contributed by atoms with van der Waals surface area (Å²) in [5, 5.41) is 0. The summed E-state index contributed by atoms with van der Waals surface area (Å²) in [5.41, 5.74) is 8.56. The smallest absolute Gasteiger partial charge is 0.0489 e. The number of nitrogens with two attached hydrogens (primary N) is 1. The van der Waals surface area contributed by atoms with E-state index in [-0.39, 0.29) is 0 Å². The van der Waals surface area contributed by atoms with E-state index in [1.54, 1.807) is 0 Å². The van der Waals surface area contributed by atoms with Gasteiger partial charge in [-0.3, -0.25) is 9.88 Å². The second-order valence-corrected chi connectivity index (χ2v) is 4.95. The SMILES string of the molecule is CCN1CCN(C(CN)c2cnccc2C)CC1. The first kappa shape index (κ1) is 13.5. The first-order valence-corrected chi connectivity index (χ1v) is 6.83. The summed E-state index contributed by atoms with van der Waals surface area (Å²) in [7, 11) is 0. The number of nitrogens with zero attached hydrogens (tertiary/aromatic N) is 3. The van der Waals surface area contributed by atoms with E-state index < -0.39 is 0 Å². The summed E-state index contributed by atoms with van der Waals surface area (Å²) in [6.07, 6.45) is 3.82. The van der Waals surface area contributed by atoms with E-state index >= 15 is 0 Å². The quantitative estimate of drug-likeness (QED) is 0.864. The topological polar surface area (TPSA) is 45.4 Å². The van der Waals surface area contributed by atoms with Gasteiger partial charge in [-0.25, -0.2) is 0 Å². The van der Waals surface area contributed by atoms with Crippen LogP contribution in [0.2, 0.25) is 0 Å². The first-order valence-electron chi connectivity index (χ1n) is 6.83. The molecule has 1 aromatic heterocycles. The minimum Gasteiger partial charge on any atom is -0.329 e. The number of pyridine rings is 1. The molecule has 0 saturated carbocycles. The van der Waals surface area contributed by atoms with Gasteiger partial charge in [0.25, 0.3) is 0 Å². The van der Waals surface area contributed by atoms with Crippen molar-refractivity contribution >= 4 is 0 Å². The molecule has 1 aromatic rings. The van der Waals surface area contributed by atoms with Crippen LogP contribution in [0, 0.1) is 6.92 Å². The van der Waals surface area contributed by atoms with E-state index in [1.807, 2.05) is 12.4 Å². The molecule has 1 aliphatic heterocycles. The van der Waals surface area contributed by atoms with Crippen LogP contribution < -0.4 is 5.73 Å². The summed E-state index contributed by atoms with van der Waals surface area (Å²) in [5.74, 6) is 0. The van der Waals surface area contributed by atoms with Crippen molar-refractivity contribution in [1.82, 2.24) is 14.8 Å². The van der Waals surface area contributed by atoms with Gasteiger partial charge >= 0.3 is 0 Å². The Labute approximate surface area is 110 Å². The maximum atomic E-state index is 5.99. The number of likely N-dealkylation sites (N-methyl/N-ethyl adjacent to an activating group) is 1. The van der Waals surface area contributed by atoms with Crippen LogP contribution in [0.1, 0.15) is 24.1 Å². The lowest BCUT2D eigenvalue weighted by molar-refractivity contribution is 0.102. The van der Waals surface area contributed by atoms with Crippen molar-refractivity contribution in [2.75, 3.05) is 39.3 Å². The maximum absolute atomic E-state index is 5.99. The van der Waals surface area contributed by atoms with Crippen molar-refractivity contribution in [2.45, 2.75) is 19.9 Å². The van der Waals surface area contributed by atoms with Crippen molar-refractivity contribution in [3.8, 4) is 0 Å². The minimum atomic E-state index is 0.317. The van der Waals surface area contributed by atoms with Gasteiger partial charge in [-0.1, -0.05) is 6.92 Å². The van der Waals surface area contributed by atoms with Crippen LogP contribution >= 0.6 is 0 Å². The lowest BCUT2D eigenvalue weighted by Crippen LogP contribution is -2.48. The number of aromatic nitrogens is 1. The summed E-state index contributed by atoms with van der Waals surface area (Å²) in [6, 6.07) is 2.39. The van der Waals surface area contributed by atoms with Crippen LogP contribution in [-0.4, -0.2) is 54.1 Å². The van der Waals surface area contributed by atoms with E-state index in [0.717, 1.165) is 32.7 Å². The minimum absolute atomic E-state index is 0.317. The van der Waals surface area contributed by atoms with E-state index in [9.17, 15) is 0 Å². The Kier molecular flexibility index (Phi) is 4.69.